The molecule has 0 saturated carbocycles. The second-order valence-corrected chi connectivity index (χ2v) is 7.79. The molecule has 6 heteroatoms. The second-order valence-electron chi connectivity index (χ2n) is 7.35. The highest BCUT2D eigenvalue weighted by atomic mass is 35.5. The van der Waals surface area contributed by atoms with Crippen LogP contribution in [0.1, 0.15) is 30.5 Å². The molecule has 0 aliphatic heterocycles. The van der Waals surface area contributed by atoms with Crippen LogP contribution in [0.5, 0.6) is 5.75 Å². The molecule has 0 aromatic heterocycles. The van der Waals surface area contributed by atoms with E-state index in [9.17, 15) is 9.59 Å². The van der Waals surface area contributed by atoms with Gasteiger partial charge in [-0.2, -0.15) is 0 Å². The van der Waals surface area contributed by atoms with Crippen LogP contribution in [-0.4, -0.2) is 29.9 Å². The highest BCUT2D eigenvalue weighted by molar-refractivity contribution is 6.30. The van der Waals surface area contributed by atoms with E-state index in [1.165, 1.54) is 0 Å². The molecule has 0 saturated heterocycles. The van der Waals surface area contributed by atoms with Crippen LogP contribution in [0.25, 0.3) is 0 Å². The number of hydrogen-bond acceptors (Lipinski definition) is 3. The zero-order valence-corrected chi connectivity index (χ0v) is 18.8. The molecule has 1 unspecified atom stereocenters. The van der Waals surface area contributed by atoms with Gasteiger partial charge in [0.25, 0.3) is 5.91 Å². The van der Waals surface area contributed by atoms with Gasteiger partial charge in [0.2, 0.25) is 5.91 Å². The topological polar surface area (TPSA) is 58.6 Å². The Bertz CT molecular complexity index is 995. The van der Waals surface area contributed by atoms with Gasteiger partial charge in [-0.1, -0.05) is 79.2 Å². The minimum absolute atomic E-state index is 0.179. The molecule has 1 atom stereocenters. The molecule has 32 heavy (non-hydrogen) atoms. The number of nitrogens with zero attached hydrogens (tertiary/aromatic N) is 1. The first-order valence-electron chi connectivity index (χ1n) is 10.6. The van der Waals surface area contributed by atoms with Crippen LogP contribution in [-0.2, 0) is 16.1 Å². The van der Waals surface area contributed by atoms with Crippen molar-refractivity contribution in [3.63, 3.8) is 0 Å². The van der Waals surface area contributed by atoms with Crippen molar-refractivity contribution < 1.29 is 14.3 Å². The molecule has 0 spiro atoms. The molecule has 0 aliphatic rings. The van der Waals surface area contributed by atoms with Crippen LogP contribution in [0.4, 0.5) is 0 Å². The maximum atomic E-state index is 13.4. The number of amides is 2. The van der Waals surface area contributed by atoms with E-state index in [0.717, 1.165) is 17.5 Å². The van der Waals surface area contributed by atoms with Crippen LogP contribution in [0, 0.1) is 0 Å². The smallest absolute Gasteiger partial charge is 0.261 e. The number of carbonyl (C=O) groups excluding carboxylic acids is 2. The number of carbonyl (C=O) groups is 2. The van der Waals surface area contributed by atoms with E-state index in [1.807, 2.05) is 67.6 Å². The first-order chi connectivity index (χ1) is 15.6. The van der Waals surface area contributed by atoms with Gasteiger partial charge in [0.05, 0.1) is 0 Å². The summed E-state index contributed by atoms with van der Waals surface area (Å²) < 4.78 is 5.71. The summed E-state index contributed by atoms with van der Waals surface area (Å²) in [5.74, 6) is 0.0865. The van der Waals surface area contributed by atoms with Crippen LogP contribution < -0.4 is 10.1 Å². The van der Waals surface area contributed by atoms with Gasteiger partial charge in [-0.3, -0.25) is 9.59 Å². The minimum Gasteiger partial charge on any atom is -0.484 e. The number of nitrogens with one attached hydrogen (secondary N) is 1. The van der Waals surface area contributed by atoms with Crippen LogP contribution in [0.15, 0.2) is 84.9 Å². The van der Waals surface area contributed by atoms with Gasteiger partial charge in [-0.05, 0) is 41.8 Å². The molecule has 0 heterocycles. The lowest BCUT2D eigenvalue weighted by atomic mass is 10.0. The normalized spacial score (nSPS) is 11.4. The Morgan fingerprint density at radius 1 is 0.938 bits per heavy atom. The number of ether oxygens (including phenoxy) is 1. The highest BCUT2D eigenvalue weighted by Gasteiger charge is 2.31. The van der Waals surface area contributed by atoms with Gasteiger partial charge >= 0.3 is 0 Å². The summed E-state index contributed by atoms with van der Waals surface area (Å²) in [6, 6.07) is 24.9. The molecule has 0 radical (unpaired) electrons. The van der Waals surface area contributed by atoms with E-state index in [1.54, 1.807) is 29.2 Å². The predicted octanol–water partition coefficient (Wildman–Crippen LogP) is 5.02. The van der Waals surface area contributed by atoms with Crippen molar-refractivity contribution in [3.8, 4) is 5.75 Å². The van der Waals surface area contributed by atoms with Crippen molar-refractivity contribution in [2.45, 2.75) is 25.9 Å². The molecule has 0 fully saturated rings. The fraction of sp³-hybridized carbons (Fsp3) is 0.231. The maximum Gasteiger partial charge on any atom is 0.261 e. The number of hydrogen-bond donors (Lipinski definition) is 1. The molecule has 2 amide bonds. The molecule has 1 N–H and O–H groups in total. The minimum atomic E-state index is -0.787. The van der Waals surface area contributed by atoms with Crippen molar-refractivity contribution in [2.24, 2.45) is 0 Å². The van der Waals surface area contributed by atoms with Crippen LogP contribution in [0.3, 0.4) is 0 Å². The van der Waals surface area contributed by atoms with Crippen molar-refractivity contribution in [1.82, 2.24) is 10.2 Å². The van der Waals surface area contributed by atoms with E-state index in [0.29, 0.717) is 17.3 Å². The molecule has 5 nitrogen and oxygen atoms in total. The summed E-state index contributed by atoms with van der Waals surface area (Å²) in [6.45, 7) is 2.59. The predicted molar refractivity (Wildman–Crippen MR) is 126 cm³/mol. The molecule has 3 aromatic rings. The van der Waals surface area contributed by atoms with E-state index in [-0.39, 0.29) is 25.0 Å². The van der Waals surface area contributed by atoms with Crippen molar-refractivity contribution in [2.75, 3.05) is 13.2 Å². The third-order valence-corrected chi connectivity index (χ3v) is 5.17. The Hall–Kier alpha value is -3.31. The Kier molecular flexibility index (Phi) is 8.70. The fourth-order valence-corrected chi connectivity index (χ4v) is 3.43. The Morgan fingerprint density at radius 2 is 1.56 bits per heavy atom. The molecular formula is C26H27ClN2O3. The summed E-state index contributed by atoms with van der Waals surface area (Å²) in [5, 5.41) is 3.55. The Morgan fingerprint density at radius 3 is 2.19 bits per heavy atom. The van der Waals surface area contributed by atoms with Crippen molar-refractivity contribution >= 4 is 23.4 Å². The fourth-order valence-electron chi connectivity index (χ4n) is 3.31. The lowest BCUT2D eigenvalue weighted by molar-refractivity contribution is -0.143. The summed E-state index contributed by atoms with van der Waals surface area (Å²) in [6.07, 6.45) is 0.801. The van der Waals surface area contributed by atoms with Crippen molar-refractivity contribution in [1.29, 1.82) is 0 Å². The van der Waals surface area contributed by atoms with E-state index >= 15 is 0 Å². The first-order valence-corrected chi connectivity index (χ1v) is 11.0. The summed E-state index contributed by atoms with van der Waals surface area (Å²) in [5.41, 5.74) is 1.61. The number of rotatable bonds is 10. The van der Waals surface area contributed by atoms with Gasteiger partial charge in [-0.15, -0.1) is 0 Å². The van der Waals surface area contributed by atoms with Gasteiger partial charge in [-0.25, -0.2) is 0 Å². The molecule has 3 rings (SSSR count). The second kappa shape index (κ2) is 11.9. The highest BCUT2D eigenvalue weighted by Crippen LogP contribution is 2.25. The summed E-state index contributed by atoms with van der Waals surface area (Å²) >= 11 is 6.03. The molecule has 0 bridgehead atoms. The Labute approximate surface area is 194 Å². The van der Waals surface area contributed by atoms with E-state index in [2.05, 4.69) is 5.32 Å². The maximum absolute atomic E-state index is 13.4. The van der Waals surface area contributed by atoms with Gasteiger partial charge < -0.3 is 15.0 Å². The molecular weight excluding hydrogens is 424 g/mol. The third-order valence-electron chi connectivity index (χ3n) is 4.92. The first kappa shape index (κ1) is 23.4. The monoisotopic (exact) mass is 450 g/mol. The number of benzene rings is 3. The third kappa shape index (κ3) is 6.59. The Balaban J connectivity index is 1.91. The van der Waals surface area contributed by atoms with Gasteiger partial charge in [0, 0.05) is 18.1 Å². The van der Waals surface area contributed by atoms with Crippen molar-refractivity contribution in [3.05, 3.63) is 101 Å². The number of para-hydroxylation sites is 1. The average molecular weight is 451 g/mol. The molecule has 3 aromatic carbocycles. The van der Waals surface area contributed by atoms with E-state index in [4.69, 9.17) is 16.3 Å². The summed E-state index contributed by atoms with van der Waals surface area (Å²) in [7, 11) is 0. The number of halogens is 1. The van der Waals surface area contributed by atoms with Crippen LogP contribution >= 0.6 is 11.6 Å². The zero-order valence-electron chi connectivity index (χ0n) is 18.0. The standard InChI is InChI=1S/C26H27ClN2O3/c1-2-17-28-26(31)25(21-9-5-3-6-10-21)29(18-20-13-15-22(27)16-14-20)24(30)19-32-23-11-7-4-8-12-23/h3-16,25H,2,17-19H2,1H3,(H,28,31). The lowest BCUT2D eigenvalue weighted by Gasteiger charge is -2.31. The quantitative estimate of drug-likeness (QED) is 0.472. The van der Waals surface area contributed by atoms with E-state index < -0.39 is 6.04 Å². The lowest BCUT2D eigenvalue weighted by Crippen LogP contribution is -2.45. The van der Waals surface area contributed by atoms with Crippen LogP contribution in [0.2, 0.25) is 5.02 Å². The zero-order chi connectivity index (χ0) is 22.8. The van der Waals surface area contributed by atoms with Gasteiger partial charge in [0.1, 0.15) is 11.8 Å². The molecule has 0 aliphatic carbocycles. The largest absolute Gasteiger partial charge is 0.484 e. The summed E-state index contributed by atoms with van der Waals surface area (Å²) in [4.78, 5) is 28.1. The molecule has 166 valence electrons. The average Bonchev–Trinajstić information content (AvgIpc) is 2.83. The SMILES string of the molecule is CCCNC(=O)C(c1ccccc1)N(Cc1ccc(Cl)cc1)C(=O)COc1ccccc1. The van der Waals surface area contributed by atoms with Gasteiger partial charge in [0.15, 0.2) is 6.61 Å².